The van der Waals surface area contributed by atoms with Gasteiger partial charge in [-0.05, 0) is 23.8 Å². The number of hydrogen-bond acceptors (Lipinski definition) is 6. The van der Waals surface area contributed by atoms with E-state index in [4.69, 9.17) is 11.6 Å². The minimum Gasteiger partial charge on any atom is -0.383 e. The van der Waals surface area contributed by atoms with Crippen LogP contribution in [0, 0.1) is 0 Å². The highest BCUT2D eigenvalue weighted by atomic mass is 35.5. The van der Waals surface area contributed by atoms with Crippen molar-refractivity contribution in [3.05, 3.63) is 73.3 Å². The van der Waals surface area contributed by atoms with Crippen molar-refractivity contribution in [2.75, 3.05) is 0 Å². The van der Waals surface area contributed by atoms with E-state index in [1.54, 1.807) is 16.7 Å². The summed E-state index contributed by atoms with van der Waals surface area (Å²) < 4.78 is 0. The number of benzene rings is 1. The number of nitrogens with zero attached hydrogens (tertiary/aromatic N) is 1. The van der Waals surface area contributed by atoms with Crippen molar-refractivity contribution >= 4 is 40.2 Å². The SMILES string of the molecule is O=C(NCc1ccc(Cc2ccccc2Cl)s1)[C@H](O)[C@@H](O)c1nccs1. The van der Waals surface area contributed by atoms with Gasteiger partial charge in [0.15, 0.2) is 6.10 Å². The molecule has 0 bridgehead atoms. The number of nitrogens with one attached hydrogen (secondary N) is 1. The van der Waals surface area contributed by atoms with Crippen molar-refractivity contribution in [2.24, 2.45) is 0 Å². The number of thiophene rings is 1. The summed E-state index contributed by atoms with van der Waals surface area (Å²) in [5.74, 6) is -0.631. The molecule has 0 radical (unpaired) electrons. The van der Waals surface area contributed by atoms with Crippen LogP contribution in [0.3, 0.4) is 0 Å². The van der Waals surface area contributed by atoms with Crippen LogP contribution in [0.15, 0.2) is 48.0 Å². The quantitative estimate of drug-likeness (QED) is 0.560. The molecule has 1 amide bonds. The highest BCUT2D eigenvalue weighted by Crippen LogP contribution is 2.24. The summed E-state index contributed by atoms with van der Waals surface area (Å²) >= 11 is 8.94. The minimum absolute atomic E-state index is 0.285. The monoisotopic (exact) mass is 408 g/mol. The molecule has 8 heteroatoms. The first kappa shape index (κ1) is 19.0. The van der Waals surface area contributed by atoms with Gasteiger partial charge in [-0.25, -0.2) is 4.98 Å². The van der Waals surface area contributed by atoms with Crippen LogP contribution in [0.5, 0.6) is 0 Å². The number of aliphatic hydroxyl groups excluding tert-OH is 2. The third-order valence-electron chi connectivity index (χ3n) is 3.75. The van der Waals surface area contributed by atoms with Crippen molar-refractivity contribution in [2.45, 2.75) is 25.2 Å². The number of amides is 1. The van der Waals surface area contributed by atoms with Crippen molar-refractivity contribution in [1.82, 2.24) is 10.3 Å². The molecule has 0 aliphatic heterocycles. The molecule has 3 N–H and O–H groups in total. The predicted molar refractivity (Wildman–Crippen MR) is 104 cm³/mol. The molecule has 2 atom stereocenters. The summed E-state index contributed by atoms with van der Waals surface area (Å²) in [6.07, 6.45) is -0.637. The molecular weight excluding hydrogens is 392 g/mol. The van der Waals surface area contributed by atoms with E-state index in [1.165, 1.54) is 17.5 Å². The topological polar surface area (TPSA) is 82.5 Å². The van der Waals surface area contributed by atoms with Gasteiger partial charge < -0.3 is 15.5 Å². The van der Waals surface area contributed by atoms with Gasteiger partial charge in [0.25, 0.3) is 5.91 Å². The Kier molecular flexibility index (Phi) is 6.39. The van der Waals surface area contributed by atoms with E-state index in [-0.39, 0.29) is 6.54 Å². The first-order chi connectivity index (χ1) is 12.5. The van der Waals surface area contributed by atoms with Crippen LogP contribution in [-0.2, 0) is 17.8 Å². The molecule has 136 valence electrons. The molecule has 5 nitrogen and oxygen atoms in total. The Balaban J connectivity index is 1.54. The lowest BCUT2D eigenvalue weighted by Crippen LogP contribution is -2.38. The smallest absolute Gasteiger partial charge is 0.252 e. The summed E-state index contributed by atoms with van der Waals surface area (Å²) in [6, 6.07) is 11.6. The van der Waals surface area contributed by atoms with E-state index in [0.29, 0.717) is 5.01 Å². The van der Waals surface area contributed by atoms with Gasteiger partial charge in [0, 0.05) is 32.8 Å². The summed E-state index contributed by atoms with van der Waals surface area (Å²) in [7, 11) is 0. The number of aromatic nitrogens is 1. The van der Waals surface area contributed by atoms with Gasteiger partial charge in [0.2, 0.25) is 0 Å². The number of carbonyl (C=O) groups excluding carboxylic acids is 1. The van der Waals surface area contributed by atoms with Crippen molar-refractivity contribution < 1.29 is 15.0 Å². The molecule has 3 aromatic rings. The Morgan fingerprint density at radius 2 is 1.96 bits per heavy atom. The second kappa shape index (κ2) is 8.75. The molecule has 0 saturated heterocycles. The molecule has 0 aliphatic carbocycles. The molecule has 0 aliphatic rings. The average molecular weight is 409 g/mol. The molecule has 0 unspecified atom stereocenters. The van der Waals surface area contributed by atoms with E-state index in [1.807, 2.05) is 36.4 Å². The van der Waals surface area contributed by atoms with Gasteiger partial charge in [-0.3, -0.25) is 4.79 Å². The van der Waals surface area contributed by atoms with Gasteiger partial charge in [-0.15, -0.1) is 22.7 Å². The van der Waals surface area contributed by atoms with Crippen molar-refractivity contribution in [1.29, 1.82) is 0 Å². The predicted octanol–water partition coefficient (Wildman–Crippen LogP) is 3.16. The summed E-state index contributed by atoms with van der Waals surface area (Å²) in [5, 5.41) is 25.3. The zero-order valence-electron chi connectivity index (χ0n) is 13.6. The molecule has 1 aromatic carbocycles. The lowest BCUT2D eigenvalue weighted by Gasteiger charge is -2.15. The van der Waals surface area contributed by atoms with Crippen molar-refractivity contribution in [3.63, 3.8) is 0 Å². The van der Waals surface area contributed by atoms with Crippen LogP contribution in [0.25, 0.3) is 0 Å². The van der Waals surface area contributed by atoms with E-state index >= 15 is 0 Å². The highest BCUT2D eigenvalue weighted by molar-refractivity contribution is 7.12. The molecular formula is C18H17ClN2O3S2. The first-order valence-electron chi connectivity index (χ1n) is 7.89. The Bertz CT molecular complexity index is 867. The van der Waals surface area contributed by atoms with Crippen LogP contribution in [0.4, 0.5) is 0 Å². The van der Waals surface area contributed by atoms with Gasteiger partial charge in [0.1, 0.15) is 11.1 Å². The van der Waals surface area contributed by atoms with Crippen LogP contribution in [-0.4, -0.2) is 27.2 Å². The maximum atomic E-state index is 12.0. The van der Waals surface area contributed by atoms with Gasteiger partial charge in [-0.2, -0.15) is 0 Å². The van der Waals surface area contributed by atoms with E-state index in [2.05, 4.69) is 10.3 Å². The zero-order chi connectivity index (χ0) is 18.5. The number of rotatable bonds is 7. The average Bonchev–Trinajstić information content (AvgIpc) is 3.32. The van der Waals surface area contributed by atoms with E-state index < -0.39 is 18.1 Å². The third-order valence-corrected chi connectivity index (χ3v) is 6.05. The van der Waals surface area contributed by atoms with E-state index in [0.717, 1.165) is 26.8 Å². The number of hydrogen-bond donors (Lipinski definition) is 3. The highest BCUT2D eigenvalue weighted by Gasteiger charge is 2.27. The molecule has 2 aromatic heterocycles. The van der Waals surface area contributed by atoms with Crippen LogP contribution in [0.1, 0.15) is 26.4 Å². The summed E-state index contributed by atoms with van der Waals surface area (Å²) in [4.78, 5) is 18.0. The van der Waals surface area contributed by atoms with Crippen LogP contribution >= 0.6 is 34.3 Å². The van der Waals surface area contributed by atoms with Crippen LogP contribution < -0.4 is 5.32 Å². The number of halogens is 1. The minimum atomic E-state index is -1.55. The largest absolute Gasteiger partial charge is 0.383 e. The summed E-state index contributed by atoms with van der Waals surface area (Å²) in [5.41, 5.74) is 1.05. The molecule has 0 saturated carbocycles. The second-order valence-corrected chi connectivity index (χ2v) is 8.20. The Morgan fingerprint density at radius 1 is 1.19 bits per heavy atom. The summed E-state index contributed by atoms with van der Waals surface area (Å²) in [6.45, 7) is 0.285. The maximum absolute atomic E-state index is 12.0. The standard InChI is InChI=1S/C18H17ClN2O3S2/c19-14-4-2-1-3-11(14)9-12-5-6-13(26-12)10-21-17(24)15(22)16(23)18-20-7-8-25-18/h1-8,15-16,22-23H,9-10H2,(H,21,24)/t15-,16-/m1/s1. The van der Waals surface area contributed by atoms with Gasteiger partial charge in [0.05, 0.1) is 6.54 Å². The number of aliphatic hydroxyl groups is 2. The second-order valence-electron chi connectivity index (χ2n) is 5.61. The molecule has 2 heterocycles. The number of carbonyl (C=O) groups is 1. The fourth-order valence-electron chi connectivity index (χ4n) is 2.38. The zero-order valence-corrected chi connectivity index (χ0v) is 16.0. The fourth-order valence-corrected chi connectivity index (χ4v) is 4.21. The third kappa shape index (κ3) is 4.69. The fraction of sp³-hybridized carbons (Fsp3) is 0.222. The lowest BCUT2D eigenvalue weighted by molar-refractivity contribution is -0.135. The Hall–Kier alpha value is -1.77. The number of thiazole rings is 1. The first-order valence-corrected chi connectivity index (χ1v) is 9.96. The van der Waals surface area contributed by atoms with Crippen molar-refractivity contribution in [3.8, 4) is 0 Å². The Labute approximate surface area is 163 Å². The molecule has 26 heavy (non-hydrogen) atoms. The maximum Gasteiger partial charge on any atom is 0.252 e. The lowest BCUT2D eigenvalue weighted by atomic mass is 10.1. The van der Waals surface area contributed by atoms with E-state index in [9.17, 15) is 15.0 Å². The molecule has 0 spiro atoms. The normalized spacial score (nSPS) is 13.3. The molecule has 0 fully saturated rings. The Morgan fingerprint density at radius 3 is 2.69 bits per heavy atom. The van der Waals surface area contributed by atoms with Gasteiger partial charge in [-0.1, -0.05) is 29.8 Å². The van der Waals surface area contributed by atoms with Gasteiger partial charge >= 0.3 is 0 Å². The van der Waals surface area contributed by atoms with Crippen LogP contribution in [0.2, 0.25) is 5.02 Å². The molecule has 3 rings (SSSR count).